The monoisotopic (exact) mass is 177 g/mol. The molecule has 0 fully saturated rings. The van der Waals surface area contributed by atoms with Crippen molar-refractivity contribution in [2.45, 2.75) is 6.04 Å². The van der Waals surface area contributed by atoms with Crippen molar-refractivity contribution < 1.29 is 9.90 Å². The molecule has 0 aliphatic heterocycles. The van der Waals surface area contributed by atoms with Gasteiger partial charge in [0.25, 0.3) is 0 Å². The summed E-state index contributed by atoms with van der Waals surface area (Å²) in [6.45, 7) is 3.52. The van der Waals surface area contributed by atoms with E-state index in [1.807, 2.05) is 0 Å². The van der Waals surface area contributed by atoms with Crippen LogP contribution in [0.3, 0.4) is 0 Å². The van der Waals surface area contributed by atoms with E-state index >= 15 is 0 Å². The van der Waals surface area contributed by atoms with E-state index in [0.717, 1.165) is 0 Å². The molecular formula is C10H11NO2. The van der Waals surface area contributed by atoms with Gasteiger partial charge >= 0.3 is 5.97 Å². The molecule has 0 aliphatic rings. The predicted octanol–water partition coefficient (Wildman–Crippen LogP) is 1.57. The van der Waals surface area contributed by atoms with Gasteiger partial charge < -0.3 is 10.8 Å². The van der Waals surface area contributed by atoms with Crippen LogP contribution in [0.4, 0.5) is 0 Å². The van der Waals surface area contributed by atoms with Crippen LogP contribution in [0, 0.1) is 0 Å². The van der Waals surface area contributed by atoms with Gasteiger partial charge in [-0.25, -0.2) is 4.79 Å². The molecule has 13 heavy (non-hydrogen) atoms. The van der Waals surface area contributed by atoms with Gasteiger partial charge in [0.05, 0.1) is 5.56 Å². The van der Waals surface area contributed by atoms with Crippen LogP contribution < -0.4 is 5.73 Å². The summed E-state index contributed by atoms with van der Waals surface area (Å²) >= 11 is 0. The van der Waals surface area contributed by atoms with E-state index in [2.05, 4.69) is 6.58 Å². The van der Waals surface area contributed by atoms with Crippen LogP contribution in [0.15, 0.2) is 36.9 Å². The highest BCUT2D eigenvalue weighted by Crippen LogP contribution is 2.16. The highest BCUT2D eigenvalue weighted by molar-refractivity contribution is 5.89. The molecule has 0 amide bonds. The van der Waals surface area contributed by atoms with Gasteiger partial charge in [-0.1, -0.05) is 24.3 Å². The Bertz CT molecular complexity index is 333. The number of rotatable bonds is 3. The number of carboxylic acid groups (broad SMARTS) is 1. The fraction of sp³-hybridized carbons (Fsp3) is 0.100. The fourth-order valence-electron chi connectivity index (χ4n) is 1.11. The van der Waals surface area contributed by atoms with Gasteiger partial charge in [0.1, 0.15) is 0 Å². The number of hydrogen-bond acceptors (Lipinski definition) is 2. The maximum Gasteiger partial charge on any atom is 0.336 e. The number of carbonyl (C=O) groups is 1. The molecule has 0 aromatic heterocycles. The highest BCUT2D eigenvalue weighted by atomic mass is 16.4. The maximum absolute atomic E-state index is 10.8. The third kappa shape index (κ3) is 1.95. The summed E-state index contributed by atoms with van der Waals surface area (Å²) in [7, 11) is 0. The number of aromatic carboxylic acids is 1. The van der Waals surface area contributed by atoms with E-state index in [4.69, 9.17) is 10.8 Å². The summed E-state index contributed by atoms with van der Waals surface area (Å²) in [5.74, 6) is -0.965. The molecule has 68 valence electrons. The zero-order valence-electron chi connectivity index (χ0n) is 7.10. The van der Waals surface area contributed by atoms with E-state index in [1.54, 1.807) is 18.2 Å². The molecule has 1 atom stereocenters. The number of nitrogens with two attached hydrogens (primary N) is 1. The van der Waals surface area contributed by atoms with Crippen molar-refractivity contribution >= 4 is 5.97 Å². The van der Waals surface area contributed by atoms with Crippen molar-refractivity contribution in [3.05, 3.63) is 48.0 Å². The van der Waals surface area contributed by atoms with Crippen LogP contribution in [-0.4, -0.2) is 11.1 Å². The Hall–Kier alpha value is -1.61. The fourth-order valence-corrected chi connectivity index (χ4v) is 1.11. The van der Waals surface area contributed by atoms with Crippen molar-refractivity contribution in [2.24, 2.45) is 5.73 Å². The van der Waals surface area contributed by atoms with Gasteiger partial charge in [0, 0.05) is 6.04 Å². The number of hydrogen-bond donors (Lipinski definition) is 2. The SMILES string of the molecule is C=C[C@H](N)c1ccccc1C(=O)O. The molecular weight excluding hydrogens is 166 g/mol. The molecule has 0 bridgehead atoms. The summed E-state index contributed by atoms with van der Waals surface area (Å²) in [6.07, 6.45) is 1.52. The van der Waals surface area contributed by atoms with Crippen molar-refractivity contribution in [2.75, 3.05) is 0 Å². The molecule has 0 spiro atoms. The van der Waals surface area contributed by atoms with Crippen LogP contribution >= 0.6 is 0 Å². The van der Waals surface area contributed by atoms with E-state index in [1.165, 1.54) is 12.1 Å². The van der Waals surface area contributed by atoms with Gasteiger partial charge in [-0.3, -0.25) is 0 Å². The lowest BCUT2D eigenvalue weighted by atomic mass is 10.0. The van der Waals surface area contributed by atoms with Crippen LogP contribution in [0.25, 0.3) is 0 Å². The van der Waals surface area contributed by atoms with Crippen LogP contribution in [0.1, 0.15) is 22.0 Å². The average molecular weight is 177 g/mol. The standard InChI is InChI=1S/C10H11NO2/c1-2-9(11)7-5-3-4-6-8(7)10(12)13/h2-6,9H,1,11H2,(H,12,13)/t9-/m0/s1. The number of carboxylic acids is 1. The molecule has 0 aliphatic carbocycles. The summed E-state index contributed by atoms with van der Waals surface area (Å²) in [6, 6.07) is 6.22. The van der Waals surface area contributed by atoms with Crippen LogP contribution in [0.5, 0.6) is 0 Å². The van der Waals surface area contributed by atoms with Gasteiger partial charge in [0.2, 0.25) is 0 Å². The Balaban J connectivity index is 3.19. The summed E-state index contributed by atoms with van der Waals surface area (Å²) in [5, 5.41) is 8.82. The molecule has 3 heteroatoms. The lowest BCUT2D eigenvalue weighted by Crippen LogP contribution is -2.12. The second-order valence-corrected chi connectivity index (χ2v) is 2.65. The summed E-state index contributed by atoms with van der Waals surface area (Å²) < 4.78 is 0. The van der Waals surface area contributed by atoms with Crippen molar-refractivity contribution in [1.82, 2.24) is 0 Å². The van der Waals surface area contributed by atoms with Gasteiger partial charge in [-0.2, -0.15) is 0 Å². The van der Waals surface area contributed by atoms with Crippen LogP contribution in [-0.2, 0) is 0 Å². The molecule has 0 heterocycles. The minimum atomic E-state index is -0.965. The predicted molar refractivity (Wildman–Crippen MR) is 50.5 cm³/mol. The van der Waals surface area contributed by atoms with E-state index < -0.39 is 12.0 Å². The Morgan fingerprint density at radius 2 is 2.15 bits per heavy atom. The molecule has 0 saturated heterocycles. The maximum atomic E-state index is 10.8. The van der Waals surface area contributed by atoms with Crippen molar-refractivity contribution in [3.8, 4) is 0 Å². The first kappa shape index (κ1) is 9.48. The van der Waals surface area contributed by atoms with E-state index in [-0.39, 0.29) is 5.56 Å². The average Bonchev–Trinajstić information content (AvgIpc) is 2.16. The Morgan fingerprint density at radius 1 is 1.54 bits per heavy atom. The van der Waals surface area contributed by atoms with E-state index in [0.29, 0.717) is 5.56 Å². The lowest BCUT2D eigenvalue weighted by Gasteiger charge is -2.09. The largest absolute Gasteiger partial charge is 0.478 e. The van der Waals surface area contributed by atoms with Crippen LogP contribution in [0.2, 0.25) is 0 Å². The molecule has 0 radical (unpaired) electrons. The first-order chi connectivity index (χ1) is 6.16. The Labute approximate surface area is 76.5 Å². The first-order valence-electron chi connectivity index (χ1n) is 3.87. The third-order valence-corrected chi connectivity index (χ3v) is 1.80. The smallest absolute Gasteiger partial charge is 0.336 e. The molecule has 3 nitrogen and oxygen atoms in total. The quantitative estimate of drug-likeness (QED) is 0.689. The summed E-state index contributed by atoms with van der Waals surface area (Å²) in [5.41, 5.74) is 6.47. The lowest BCUT2D eigenvalue weighted by molar-refractivity contribution is 0.0695. The highest BCUT2D eigenvalue weighted by Gasteiger charge is 2.12. The normalized spacial score (nSPS) is 12.1. The zero-order valence-corrected chi connectivity index (χ0v) is 7.10. The molecule has 1 aromatic rings. The minimum Gasteiger partial charge on any atom is -0.478 e. The second kappa shape index (κ2) is 3.87. The van der Waals surface area contributed by atoms with Gasteiger partial charge in [0.15, 0.2) is 0 Å². The molecule has 3 N–H and O–H groups in total. The van der Waals surface area contributed by atoms with Crippen molar-refractivity contribution in [1.29, 1.82) is 0 Å². The number of benzene rings is 1. The summed E-state index contributed by atoms with van der Waals surface area (Å²) in [4.78, 5) is 10.8. The topological polar surface area (TPSA) is 63.3 Å². The zero-order chi connectivity index (χ0) is 9.84. The molecule has 1 aromatic carbocycles. The van der Waals surface area contributed by atoms with Crippen molar-refractivity contribution in [3.63, 3.8) is 0 Å². The van der Waals surface area contributed by atoms with Gasteiger partial charge in [-0.15, -0.1) is 6.58 Å². The van der Waals surface area contributed by atoms with E-state index in [9.17, 15) is 4.79 Å². The molecule has 0 unspecified atom stereocenters. The van der Waals surface area contributed by atoms with Gasteiger partial charge in [-0.05, 0) is 11.6 Å². The Kier molecular flexibility index (Phi) is 2.82. The Morgan fingerprint density at radius 3 is 2.69 bits per heavy atom. The molecule has 0 saturated carbocycles. The molecule has 1 rings (SSSR count). The minimum absolute atomic E-state index is 0.231. The first-order valence-corrected chi connectivity index (χ1v) is 3.87. The third-order valence-electron chi connectivity index (χ3n) is 1.80. The second-order valence-electron chi connectivity index (χ2n) is 2.65.